The average Bonchev–Trinajstić information content (AvgIpc) is 2.56. The Kier molecular flexibility index (Phi) is 5.82. The molecule has 1 aliphatic carbocycles. The van der Waals surface area contributed by atoms with Gasteiger partial charge in [-0.1, -0.05) is 0 Å². The molecule has 2 N–H and O–H groups in total. The smallest absolute Gasteiger partial charge is 0.223 e. The molecular weight excluding hydrogens is 328 g/mol. The number of aliphatic hydroxyl groups excluding tert-OH is 1. The highest BCUT2D eigenvalue weighted by molar-refractivity contribution is 7.91. The number of carbonyl (C=O) groups excluding carboxylic acids is 1. The van der Waals surface area contributed by atoms with Crippen molar-refractivity contribution in [3.05, 3.63) is 0 Å². The van der Waals surface area contributed by atoms with Crippen LogP contribution in [0, 0.1) is 5.92 Å². The topological polar surface area (TPSA) is 86.7 Å². The normalized spacial score (nSPS) is 33.2. The number of nitrogens with zero attached hydrogens (tertiary/aromatic N) is 1. The second-order valence-corrected chi connectivity index (χ2v) is 10.0. The summed E-state index contributed by atoms with van der Waals surface area (Å²) in [4.78, 5) is 14.8. The summed E-state index contributed by atoms with van der Waals surface area (Å²) < 4.78 is 23.1. The van der Waals surface area contributed by atoms with Gasteiger partial charge in [0.15, 0.2) is 0 Å². The van der Waals surface area contributed by atoms with E-state index >= 15 is 0 Å². The maximum absolute atomic E-state index is 12.4. The summed E-state index contributed by atoms with van der Waals surface area (Å²) in [5, 5.41) is 12.7. The van der Waals surface area contributed by atoms with Crippen molar-refractivity contribution >= 4 is 15.7 Å². The molecule has 3 rings (SSSR count). The Morgan fingerprint density at radius 3 is 2.08 bits per heavy atom. The van der Waals surface area contributed by atoms with Gasteiger partial charge in [0.05, 0.1) is 17.6 Å². The van der Waals surface area contributed by atoms with Crippen LogP contribution in [0.1, 0.15) is 51.4 Å². The molecule has 0 aromatic heterocycles. The Morgan fingerprint density at radius 2 is 1.50 bits per heavy atom. The molecule has 2 heterocycles. The van der Waals surface area contributed by atoms with Crippen LogP contribution in [0.15, 0.2) is 0 Å². The van der Waals surface area contributed by atoms with Crippen molar-refractivity contribution in [3.63, 3.8) is 0 Å². The van der Waals surface area contributed by atoms with E-state index in [-0.39, 0.29) is 24.0 Å². The van der Waals surface area contributed by atoms with Gasteiger partial charge in [-0.2, -0.15) is 0 Å². The number of amides is 1. The molecule has 24 heavy (non-hydrogen) atoms. The number of piperidine rings is 1. The summed E-state index contributed by atoms with van der Waals surface area (Å²) in [7, 11) is -2.80. The molecule has 0 aromatic rings. The van der Waals surface area contributed by atoms with Gasteiger partial charge >= 0.3 is 0 Å². The maximum Gasteiger partial charge on any atom is 0.223 e. The number of rotatable bonds is 3. The monoisotopic (exact) mass is 358 g/mol. The SMILES string of the molecule is O=C(NC1CCN(C2CCS(=O)(=O)CC2)CC1)C1CCC(O)CC1. The molecule has 0 radical (unpaired) electrons. The van der Waals surface area contributed by atoms with Crippen molar-refractivity contribution in [1.82, 2.24) is 10.2 Å². The van der Waals surface area contributed by atoms with Gasteiger partial charge in [-0.15, -0.1) is 0 Å². The molecule has 6 nitrogen and oxygen atoms in total. The Hall–Kier alpha value is -0.660. The predicted octanol–water partition coefficient (Wildman–Crippen LogP) is 0.695. The van der Waals surface area contributed by atoms with Crippen LogP contribution in [0.4, 0.5) is 0 Å². The van der Waals surface area contributed by atoms with Gasteiger partial charge in [-0.05, 0) is 51.4 Å². The number of sulfone groups is 1. The highest BCUT2D eigenvalue weighted by atomic mass is 32.2. The quantitative estimate of drug-likeness (QED) is 0.775. The molecule has 1 amide bonds. The van der Waals surface area contributed by atoms with Gasteiger partial charge < -0.3 is 15.3 Å². The zero-order valence-corrected chi connectivity index (χ0v) is 15.1. The molecule has 2 aliphatic heterocycles. The molecule has 7 heteroatoms. The molecule has 138 valence electrons. The lowest BCUT2D eigenvalue weighted by Gasteiger charge is -2.39. The summed E-state index contributed by atoms with van der Waals surface area (Å²) >= 11 is 0. The fourth-order valence-corrected chi connectivity index (χ4v) is 5.78. The zero-order valence-electron chi connectivity index (χ0n) is 14.3. The summed E-state index contributed by atoms with van der Waals surface area (Å²) in [5.74, 6) is 0.864. The van der Waals surface area contributed by atoms with E-state index in [4.69, 9.17) is 0 Å². The van der Waals surface area contributed by atoms with Crippen molar-refractivity contribution in [2.24, 2.45) is 5.92 Å². The first-order valence-electron chi connectivity index (χ1n) is 9.36. The average molecular weight is 359 g/mol. The van der Waals surface area contributed by atoms with E-state index in [1.165, 1.54) is 0 Å². The fraction of sp³-hybridized carbons (Fsp3) is 0.941. The third-order valence-corrected chi connectivity index (χ3v) is 7.70. The van der Waals surface area contributed by atoms with E-state index in [0.717, 1.165) is 64.5 Å². The fourth-order valence-electron chi connectivity index (χ4n) is 4.31. The number of hydrogen-bond acceptors (Lipinski definition) is 5. The molecule has 0 bridgehead atoms. The lowest BCUT2D eigenvalue weighted by molar-refractivity contribution is -0.127. The molecule has 1 saturated carbocycles. The summed E-state index contributed by atoms with van der Waals surface area (Å²) in [6, 6.07) is 0.637. The molecular formula is C17H30N2O4S. The molecule has 0 atom stereocenters. The predicted molar refractivity (Wildman–Crippen MR) is 92.4 cm³/mol. The van der Waals surface area contributed by atoms with Gasteiger partial charge in [0.2, 0.25) is 5.91 Å². The van der Waals surface area contributed by atoms with Gasteiger partial charge in [0, 0.05) is 31.1 Å². The lowest BCUT2D eigenvalue weighted by Crippen LogP contribution is -2.50. The standard InChI is InChI=1S/C17H30N2O4S/c20-16-3-1-13(2-4-16)17(21)18-14-5-9-19(10-6-14)15-7-11-24(22,23)12-8-15/h13-16,20H,1-12H2,(H,18,21). The molecule has 0 spiro atoms. The van der Waals surface area contributed by atoms with E-state index in [1.54, 1.807) is 0 Å². The Bertz CT molecular complexity index is 521. The Morgan fingerprint density at radius 1 is 0.917 bits per heavy atom. The van der Waals surface area contributed by atoms with E-state index in [0.29, 0.717) is 17.5 Å². The van der Waals surface area contributed by atoms with Crippen LogP contribution in [0.3, 0.4) is 0 Å². The van der Waals surface area contributed by atoms with Crippen LogP contribution < -0.4 is 5.32 Å². The second kappa shape index (κ2) is 7.70. The van der Waals surface area contributed by atoms with E-state index in [1.807, 2.05) is 0 Å². The molecule has 0 unspecified atom stereocenters. The second-order valence-electron chi connectivity index (χ2n) is 7.71. The third-order valence-electron chi connectivity index (χ3n) is 5.98. The van der Waals surface area contributed by atoms with E-state index < -0.39 is 9.84 Å². The third kappa shape index (κ3) is 4.70. The minimum Gasteiger partial charge on any atom is -0.393 e. The van der Waals surface area contributed by atoms with Crippen LogP contribution in [0.2, 0.25) is 0 Å². The Labute approximate surface area is 144 Å². The molecule has 0 aromatic carbocycles. The zero-order chi connectivity index (χ0) is 17.2. The van der Waals surface area contributed by atoms with Gasteiger partial charge in [-0.25, -0.2) is 8.42 Å². The lowest BCUT2D eigenvalue weighted by atomic mass is 9.86. The molecule has 3 fully saturated rings. The summed E-state index contributed by atoms with van der Waals surface area (Å²) in [6.07, 6.45) is 6.24. The number of aliphatic hydroxyl groups is 1. The van der Waals surface area contributed by atoms with Crippen LogP contribution in [0.25, 0.3) is 0 Å². The van der Waals surface area contributed by atoms with E-state index in [2.05, 4.69) is 10.2 Å². The number of nitrogens with one attached hydrogen (secondary N) is 1. The summed E-state index contributed by atoms with van der Waals surface area (Å²) in [6.45, 7) is 1.89. The minimum atomic E-state index is -2.80. The van der Waals surface area contributed by atoms with Gasteiger partial charge in [0.1, 0.15) is 9.84 Å². The molecule has 3 aliphatic rings. The van der Waals surface area contributed by atoms with Crippen molar-refractivity contribution in [3.8, 4) is 0 Å². The van der Waals surface area contributed by atoms with Crippen molar-refractivity contribution in [1.29, 1.82) is 0 Å². The van der Waals surface area contributed by atoms with Crippen LogP contribution in [0.5, 0.6) is 0 Å². The van der Waals surface area contributed by atoms with Crippen LogP contribution in [-0.4, -0.2) is 67.1 Å². The highest BCUT2D eigenvalue weighted by Crippen LogP contribution is 2.26. The van der Waals surface area contributed by atoms with Gasteiger partial charge in [-0.3, -0.25) is 4.79 Å². The minimum absolute atomic E-state index is 0.0648. The first-order chi connectivity index (χ1) is 11.4. The first kappa shape index (κ1) is 18.1. The number of carbonyl (C=O) groups is 1. The van der Waals surface area contributed by atoms with Crippen molar-refractivity contribution in [2.45, 2.75) is 69.6 Å². The van der Waals surface area contributed by atoms with Crippen LogP contribution >= 0.6 is 0 Å². The molecule has 2 saturated heterocycles. The highest BCUT2D eigenvalue weighted by Gasteiger charge is 2.32. The van der Waals surface area contributed by atoms with Crippen molar-refractivity contribution in [2.75, 3.05) is 24.6 Å². The van der Waals surface area contributed by atoms with Crippen molar-refractivity contribution < 1.29 is 18.3 Å². The maximum atomic E-state index is 12.4. The number of hydrogen-bond donors (Lipinski definition) is 2. The largest absolute Gasteiger partial charge is 0.393 e. The van der Waals surface area contributed by atoms with E-state index in [9.17, 15) is 18.3 Å². The summed E-state index contributed by atoms with van der Waals surface area (Å²) in [5.41, 5.74) is 0. The van der Waals surface area contributed by atoms with Crippen LogP contribution in [-0.2, 0) is 14.6 Å². The van der Waals surface area contributed by atoms with Gasteiger partial charge in [0.25, 0.3) is 0 Å². The first-order valence-corrected chi connectivity index (χ1v) is 11.2. The number of likely N-dealkylation sites (tertiary alicyclic amines) is 1. The Balaban J connectivity index is 1.40.